The van der Waals surface area contributed by atoms with Gasteiger partial charge in [0.1, 0.15) is 5.75 Å². The van der Waals surface area contributed by atoms with E-state index in [9.17, 15) is 9.59 Å². The third-order valence-electron chi connectivity index (χ3n) is 2.79. The van der Waals surface area contributed by atoms with Gasteiger partial charge in [-0.15, -0.1) is 0 Å². The van der Waals surface area contributed by atoms with Crippen LogP contribution in [0.3, 0.4) is 0 Å². The molecule has 6 heteroatoms. The Bertz CT molecular complexity index is 653. The number of carboxylic acid groups (broad SMARTS) is 1. The molecule has 0 atom stereocenters. The zero-order valence-electron chi connectivity index (χ0n) is 11.4. The fourth-order valence-corrected chi connectivity index (χ4v) is 1.76. The lowest BCUT2D eigenvalue weighted by Gasteiger charge is -2.06. The topological polar surface area (TPSA) is 88.5 Å². The van der Waals surface area contributed by atoms with Gasteiger partial charge in [0, 0.05) is 6.20 Å². The normalized spacial score (nSPS) is 9.95. The van der Waals surface area contributed by atoms with Gasteiger partial charge in [0.25, 0.3) is 0 Å². The van der Waals surface area contributed by atoms with Gasteiger partial charge in [-0.1, -0.05) is 12.1 Å². The summed E-state index contributed by atoms with van der Waals surface area (Å²) in [6, 6.07) is 8.50. The Morgan fingerprint density at radius 3 is 2.57 bits per heavy atom. The molecule has 21 heavy (non-hydrogen) atoms. The van der Waals surface area contributed by atoms with Crippen molar-refractivity contribution in [3.8, 4) is 5.75 Å². The van der Waals surface area contributed by atoms with E-state index in [0.717, 1.165) is 11.3 Å². The zero-order valence-corrected chi connectivity index (χ0v) is 11.4. The van der Waals surface area contributed by atoms with Gasteiger partial charge in [0.05, 0.1) is 31.0 Å². The molecule has 2 aromatic rings. The molecule has 2 N–H and O–H groups in total. The van der Waals surface area contributed by atoms with Crippen molar-refractivity contribution in [2.24, 2.45) is 0 Å². The molecular weight excluding hydrogens is 272 g/mol. The lowest BCUT2D eigenvalue weighted by molar-refractivity contribution is -0.115. The minimum Gasteiger partial charge on any atom is -0.497 e. The number of hydrogen-bond donors (Lipinski definition) is 2. The van der Waals surface area contributed by atoms with Crippen molar-refractivity contribution in [1.82, 2.24) is 4.98 Å². The molecule has 0 saturated carbocycles. The Morgan fingerprint density at radius 2 is 1.95 bits per heavy atom. The van der Waals surface area contributed by atoms with Gasteiger partial charge in [-0.05, 0) is 23.8 Å². The summed E-state index contributed by atoms with van der Waals surface area (Å²) in [7, 11) is 1.57. The molecule has 1 heterocycles. The molecule has 0 spiro atoms. The zero-order chi connectivity index (χ0) is 15.2. The highest BCUT2D eigenvalue weighted by atomic mass is 16.5. The van der Waals surface area contributed by atoms with Crippen LogP contribution in [-0.4, -0.2) is 29.1 Å². The molecule has 0 fully saturated rings. The summed E-state index contributed by atoms with van der Waals surface area (Å²) >= 11 is 0. The van der Waals surface area contributed by atoms with Gasteiger partial charge in [0.15, 0.2) is 0 Å². The van der Waals surface area contributed by atoms with Crippen LogP contribution in [-0.2, 0) is 11.2 Å². The molecule has 0 bridgehead atoms. The molecular formula is C15H14N2O4. The van der Waals surface area contributed by atoms with E-state index >= 15 is 0 Å². The van der Waals surface area contributed by atoms with E-state index in [4.69, 9.17) is 9.84 Å². The average molecular weight is 286 g/mol. The summed E-state index contributed by atoms with van der Waals surface area (Å²) in [4.78, 5) is 26.5. The second-order valence-electron chi connectivity index (χ2n) is 4.34. The number of amides is 1. The first kappa shape index (κ1) is 14.5. The Kier molecular flexibility index (Phi) is 4.50. The summed E-state index contributed by atoms with van der Waals surface area (Å²) in [6.45, 7) is 0. The van der Waals surface area contributed by atoms with E-state index < -0.39 is 5.97 Å². The smallest absolute Gasteiger partial charge is 0.337 e. The van der Waals surface area contributed by atoms with Crippen LogP contribution in [0.15, 0.2) is 42.7 Å². The standard InChI is InChI=1S/C15H14N2O4/c1-21-13-4-2-10(3-5-13)6-14(18)17-12-7-11(15(19)20)8-16-9-12/h2-5,7-9H,6H2,1H3,(H,17,18)(H,19,20). The number of ether oxygens (including phenoxy) is 1. The number of aromatic carboxylic acids is 1. The number of methoxy groups -OCH3 is 1. The highest BCUT2D eigenvalue weighted by molar-refractivity contribution is 5.94. The molecule has 1 amide bonds. The summed E-state index contributed by atoms with van der Waals surface area (Å²) in [5, 5.41) is 11.5. The van der Waals surface area contributed by atoms with Gasteiger partial charge in [-0.2, -0.15) is 0 Å². The highest BCUT2D eigenvalue weighted by Gasteiger charge is 2.08. The van der Waals surface area contributed by atoms with E-state index in [1.165, 1.54) is 18.5 Å². The van der Waals surface area contributed by atoms with Gasteiger partial charge in [0.2, 0.25) is 5.91 Å². The van der Waals surface area contributed by atoms with Gasteiger partial charge >= 0.3 is 5.97 Å². The largest absolute Gasteiger partial charge is 0.497 e. The number of rotatable bonds is 5. The van der Waals surface area contributed by atoms with E-state index in [-0.39, 0.29) is 17.9 Å². The Hall–Kier alpha value is -2.89. The number of carbonyl (C=O) groups is 2. The van der Waals surface area contributed by atoms with Crippen LogP contribution in [0.2, 0.25) is 0 Å². The van der Waals surface area contributed by atoms with Crippen molar-refractivity contribution in [2.45, 2.75) is 6.42 Å². The molecule has 0 aliphatic heterocycles. The lowest BCUT2D eigenvalue weighted by atomic mass is 10.1. The first-order chi connectivity index (χ1) is 10.1. The van der Waals surface area contributed by atoms with Crippen molar-refractivity contribution in [2.75, 3.05) is 12.4 Å². The number of hydrogen-bond acceptors (Lipinski definition) is 4. The van der Waals surface area contributed by atoms with Gasteiger partial charge in [-0.25, -0.2) is 4.79 Å². The highest BCUT2D eigenvalue weighted by Crippen LogP contribution is 2.13. The quantitative estimate of drug-likeness (QED) is 0.877. The molecule has 0 saturated heterocycles. The van der Waals surface area contributed by atoms with Crippen LogP contribution in [0.25, 0.3) is 0 Å². The predicted molar refractivity (Wildman–Crippen MR) is 76.5 cm³/mol. The van der Waals surface area contributed by atoms with Crippen molar-refractivity contribution in [3.63, 3.8) is 0 Å². The molecule has 1 aromatic heterocycles. The molecule has 2 rings (SSSR count). The van der Waals surface area contributed by atoms with Crippen molar-refractivity contribution in [1.29, 1.82) is 0 Å². The number of pyridine rings is 1. The minimum absolute atomic E-state index is 0.0252. The Labute approximate surface area is 121 Å². The molecule has 6 nitrogen and oxygen atoms in total. The SMILES string of the molecule is COc1ccc(CC(=O)Nc2cncc(C(=O)O)c2)cc1. The molecule has 0 unspecified atom stereocenters. The third kappa shape index (κ3) is 4.04. The predicted octanol–water partition coefficient (Wildman–Crippen LogP) is 1.97. The van der Waals surface area contributed by atoms with Crippen LogP contribution >= 0.6 is 0 Å². The van der Waals surface area contributed by atoms with E-state index in [0.29, 0.717) is 5.69 Å². The fraction of sp³-hybridized carbons (Fsp3) is 0.133. The number of anilines is 1. The minimum atomic E-state index is -1.09. The van der Waals surface area contributed by atoms with Crippen LogP contribution < -0.4 is 10.1 Å². The van der Waals surface area contributed by atoms with Gasteiger partial charge in [-0.3, -0.25) is 9.78 Å². The van der Waals surface area contributed by atoms with E-state index in [2.05, 4.69) is 10.3 Å². The number of carboxylic acids is 1. The summed E-state index contributed by atoms with van der Waals surface area (Å²) in [6.07, 6.45) is 2.81. The second-order valence-corrected chi connectivity index (χ2v) is 4.34. The second kappa shape index (κ2) is 6.51. The summed E-state index contributed by atoms with van der Waals surface area (Å²) in [5.74, 6) is -0.615. The summed E-state index contributed by atoms with van der Waals surface area (Å²) in [5.41, 5.74) is 1.21. The number of carbonyl (C=O) groups excluding carboxylic acids is 1. The number of benzene rings is 1. The fourth-order valence-electron chi connectivity index (χ4n) is 1.76. The van der Waals surface area contributed by atoms with Crippen LogP contribution in [0.5, 0.6) is 5.75 Å². The van der Waals surface area contributed by atoms with Crippen LogP contribution in [0.4, 0.5) is 5.69 Å². The summed E-state index contributed by atoms with van der Waals surface area (Å²) < 4.78 is 5.04. The number of aromatic nitrogens is 1. The molecule has 0 aliphatic carbocycles. The van der Waals surface area contributed by atoms with E-state index in [1.807, 2.05) is 0 Å². The maximum absolute atomic E-state index is 11.9. The van der Waals surface area contributed by atoms with Crippen molar-refractivity contribution in [3.05, 3.63) is 53.9 Å². The van der Waals surface area contributed by atoms with Crippen molar-refractivity contribution < 1.29 is 19.4 Å². The Morgan fingerprint density at radius 1 is 1.24 bits per heavy atom. The average Bonchev–Trinajstić information content (AvgIpc) is 2.48. The lowest BCUT2D eigenvalue weighted by Crippen LogP contribution is -2.15. The van der Waals surface area contributed by atoms with Gasteiger partial charge < -0.3 is 15.2 Å². The van der Waals surface area contributed by atoms with Crippen molar-refractivity contribution >= 4 is 17.6 Å². The van der Waals surface area contributed by atoms with Crippen LogP contribution in [0.1, 0.15) is 15.9 Å². The van der Waals surface area contributed by atoms with Crippen LogP contribution in [0, 0.1) is 0 Å². The van der Waals surface area contributed by atoms with E-state index in [1.54, 1.807) is 31.4 Å². The molecule has 1 aromatic carbocycles. The number of nitrogens with zero attached hydrogens (tertiary/aromatic N) is 1. The maximum atomic E-state index is 11.9. The maximum Gasteiger partial charge on any atom is 0.337 e. The third-order valence-corrected chi connectivity index (χ3v) is 2.79. The Balaban J connectivity index is 2.00. The monoisotopic (exact) mass is 286 g/mol. The number of nitrogens with one attached hydrogen (secondary N) is 1. The molecule has 0 radical (unpaired) electrons. The molecule has 0 aliphatic rings. The molecule has 108 valence electrons. The first-order valence-corrected chi connectivity index (χ1v) is 6.19. The first-order valence-electron chi connectivity index (χ1n) is 6.19.